The Hall–Kier alpha value is -1.35. The molecule has 1 saturated heterocycles. The van der Waals surface area contributed by atoms with Crippen LogP contribution in [0.5, 0.6) is 0 Å². The molecule has 1 fully saturated rings. The molecule has 0 bridgehead atoms. The Morgan fingerprint density at radius 3 is 2.68 bits per heavy atom. The van der Waals surface area contributed by atoms with Crippen molar-refractivity contribution in [3.05, 3.63) is 22.2 Å². The van der Waals surface area contributed by atoms with E-state index in [1.165, 1.54) is 0 Å². The second-order valence-electron chi connectivity index (χ2n) is 4.59. The average Bonchev–Trinajstić information content (AvgIpc) is 2.42. The summed E-state index contributed by atoms with van der Waals surface area (Å²) in [5.41, 5.74) is 5.35. The van der Waals surface area contributed by atoms with Crippen LogP contribution in [0.25, 0.3) is 0 Å². The van der Waals surface area contributed by atoms with Gasteiger partial charge in [0, 0.05) is 13.1 Å². The summed E-state index contributed by atoms with van der Waals surface area (Å²) in [6.07, 6.45) is -4.76. The minimum absolute atomic E-state index is 0.00377. The maximum Gasteiger partial charge on any atom is 0.422 e. The molecule has 0 amide bonds. The highest BCUT2D eigenvalue weighted by atomic mass is 32.2. The van der Waals surface area contributed by atoms with Crippen LogP contribution in [0.4, 0.5) is 13.2 Å². The molecule has 1 heterocycles. The van der Waals surface area contributed by atoms with Crippen LogP contribution in [0.15, 0.2) is 22.2 Å². The van der Waals surface area contributed by atoms with Crippen LogP contribution in [0, 0.1) is 0 Å². The number of hydrogen-bond donors (Lipinski definition) is 1. The van der Waals surface area contributed by atoms with Crippen LogP contribution in [-0.2, 0) is 14.3 Å². The molecule has 0 aromatic rings. The fraction of sp³-hybridized carbons (Fsp3) is 0.615. The van der Waals surface area contributed by atoms with E-state index in [1.54, 1.807) is 18.7 Å². The second kappa shape index (κ2) is 7.77. The first kappa shape index (κ1) is 18.7. The van der Waals surface area contributed by atoms with Crippen LogP contribution < -0.4 is 5.73 Å². The number of nitrogens with zero attached hydrogens (tertiary/aromatic N) is 1. The maximum atomic E-state index is 12.7. The van der Waals surface area contributed by atoms with Gasteiger partial charge in [-0.25, -0.2) is 4.79 Å². The van der Waals surface area contributed by atoms with Crippen molar-refractivity contribution in [1.29, 1.82) is 0 Å². The van der Waals surface area contributed by atoms with E-state index in [0.717, 1.165) is 0 Å². The lowest BCUT2D eigenvalue weighted by Gasteiger charge is -2.34. The van der Waals surface area contributed by atoms with Crippen molar-refractivity contribution in [3.63, 3.8) is 0 Å². The van der Waals surface area contributed by atoms with E-state index in [9.17, 15) is 18.0 Å². The van der Waals surface area contributed by atoms with Crippen LogP contribution in [-0.4, -0.2) is 49.5 Å². The number of alkyl halides is 3. The SMILES string of the molecule is C=C(S/C(=C(\N)C(=O)OCC)N1CCO[C@@H](C)C1)C(F)(F)F. The van der Waals surface area contributed by atoms with Gasteiger partial charge in [0.15, 0.2) is 0 Å². The second-order valence-corrected chi connectivity index (χ2v) is 5.67. The number of morpholine rings is 1. The molecular formula is C13H19F3N2O3S. The first-order chi connectivity index (χ1) is 10.2. The van der Waals surface area contributed by atoms with E-state index in [2.05, 4.69) is 6.58 Å². The van der Waals surface area contributed by atoms with Crippen molar-refractivity contribution >= 4 is 17.7 Å². The zero-order valence-corrected chi connectivity index (χ0v) is 13.2. The highest BCUT2D eigenvalue weighted by molar-refractivity contribution is 8.06. The molecule has 0 saturated carbocycles. The third-order valence-corrected chi connectivity index (χ3v) is 3.94. The molecule has 0 aromatic carbocycles. The summed E-state index contributed by atoms with van der Waals surface area (Å²) in [7, 11) is 0. The Morgan fingerprint density at radius 2 is 2.18 bits per heavy atom. The number of hydrogen-bond acceptors (Lipinski definition) is 6. The Balaban J connectivity index is 3.06. The minimum Gasteiger partial charge on any atom is -0.461 e. The molecule has 22 heavy (non-hydrogen) atoms. The third kappa shape index (κ3) is 5.13. The smallest absolute Gasteiger partial charge is 0.422 e. The van der Waals surface area contributed by atoms with Crippen molar-refractivity contribution in [2.45, 2.75) is 26.1 Å². The Bertz CT molecular complexity index is 466. The number of halogens is 3. The quantitative estimate of drug-likeness (QED) is 0.611. The van der Waals surface area contributed by atoms with Crippen molar-refractivity contribution in [3.8, 4) is 0 Å². The summed E-state index contributed by atoms with van der Waals surface area (Å²) in [6.45, 7) is 7.45. The van der Waals surface area contributed by atoms with Gasteiger partial charge in [-0.1, -0.05) is 18.3 Å². The van der Waals surface area contributed by atoms with Gasteiger partial charge in [-0.15, -0.1) is 0 Å². The van der Waals surface area contributed by atoms with Gasteiger partial charge in [0.05, 0.1) is 24.2 Å². The van der Waals surface area contributed by atoms with Gasteiger partial charge in [0.1, 0.15) is 10.7 Å². The first-order valence-electron chi connectivity index (χ1n) is 6.64. The number of ether oxygens (including phenoxy) is 2. The third-order valence-electron chi connectivity index (χ3n) is 2.79. The van der Waals surface area contributed by atoms with E-state index in [-0.39, 0.29) is 23.4 Å². The fourth-order valence-electron chi connectivity index (χ4n) is 1.76. The summed E-state index contributed by atoms with van der Waals surface area (Å²) in [4.78, 5) is 12.3. The highest BCUT2D eigenvalue weighted by Gasteiger charge is 2.36. The molecule has 2 N–H and O–H groups in total. The summed E-state index contributed by atoms with van der Waals surface area (Å²) in [5.74, 6) is -0.848. The molecule has 1 rings (SSSR count). The minimum atomic E-state index is -4.58. The standard InChI is InChI=1S/C13H19F3N2O3S/c1-4-20-12(19)10(17)11(22-9(3)13(14,15)16)18-5-6-21-8(2)7-18/h8H,3-7,17H2,1-2H3/b11-10-/t8-/m0/s1. The molecule has 0 radical (unpaired) electrons. The maximum absolute atomic E-state index is 12.7. The van der Waals surface area contributed by atoms with E-state index in [0.29, 0.717) is 31.5 Å². The number of carbonyl (C=O) groups is 1. The van der Waals surface area contributed by atoms with E-state index in [4.69, 9.17) is 15.2 Å². The molecule has 1 aliphatic rings. The number of thioether (sulfide) groups is 1. The molecule has 0 spiro atoms. The van der Waals surface area contributed by atoms with Gasteiger partial charge < -0.3 is 20.1 Å². The number of allylic oxidation sites excluding steroid dienone is 1. The summed E-state index contributed by atoms with van der Waals surface area (Å²) in [5, 5.41) is -0.00377. The molecule has 0 aromatic heterocycles. The monoisotopic (exact) mass is 340 g/mol. The zero-order chi connectivity index (χ0) is 16.9. The van der Waals surface area contributed by atoms with E-state index in [1.807, 2.05) is 0 Å². The van der Waals surface area contributed by atoms with Crippen molar-refractivity contribution < 1.29 is 27.4 Å². The lowest BCUT2D eigenvalue weighted by molar-refractivity contribution is -0.138. The molecule has 1 aliphatic heterocycles. The number of carbonyl (C=O) groups excluding carboxylic acids is 1. The van der Waals surface area contributed by atoms with Gasteiger partial charge in [-0.2, -0.15) is 13.2 Å². The average molecular weight is 340 g/mol. The van der Waals surface area contributed by atoms with Crippen molar-refractivity contribution in [2.75, 3.05) is 26.3 Å². The zero-order valence-electron chi connectivity index (χ0n) is 12.4. The summed E-state index contributed by atoms with van der Waals surface area (Å²) >= 11 is 0.327. The van der Waals surface area contributed by atoms with Crippen molar-refractivity contribution in [1.82, 2.24) is 4.90 Å². The van der Waals surface area contributed by atoms with Crippen LogP contribution in [0.3, 0.4) is 0 Å². The molecule has 0 aliphatic carbocycles. The van der Waals surface area contributed by atoms with Gasteiger partial charge in [0.2, 0.25) is 0 Å². The summed E-state index contributed by atoms with van der Waals surface area (Å²) < 4.78 is 48.3. The lowest BCUT2D eigenvalue weighted by Crippen LogP contribution is -2.41. The molecule has 5 nitrogen and oxygen atoms in total. The van der Waals surface area contributed by atoms with Crippen LogP contribution in [0.1, 0.15) is 13.8 Å². The molecule has 0 unspecified atom stereocenters. The predicted molar refractivity (Wildman–Crippen MR) is 77.6 cm³/mol. The number of rotatable bonds is 5. The largest absolute Gasteiger partial charge is 0.461 e. The van der Waals surface area contributed by atoms with Crippen LogP contribution >= 0.6 is 11.8 Å². The van der Waals surface area contributed by atoms with Gasteiger partial charge in [0.25, 0.3) is 0 Å². The fourth-order valence-corrected chi connectivity index (χ4v) is 2.60. The van der Waals surface area contributed by atoms with Crippen molar-refractivity contribution in [2.24, 2.45) is 5.73 Å². The van der Waals surface area contributed by atoms with Gasteiger partial charge >= 0.3 is 12.1 Å². The normalized spacial score (nSPS) is 20.4. The summed E-state index contributed by atoms with van der Waals surface area (Å²) in [6, 6.07) is 0. The topological polar surface area (TPSA) is 64.8 Å². The van der Waals surface area contributed by atoms with Gasteiger partial charge in [-0.05, 0) is 13.8 Å². The van der Waals surface area contributed by atoms with Crippen LogP contribution in [0.2, 0.25) is 0 Å². The molecule has 9 heteroatoms. The Kier molecular flexibility index (Phi) is 6.61. The molecule has 1 atom stereocenters. The first-order valence-corrected chi connectivity index (χ1v) is 7.45. The van der Waals surface area contributed by atoms with Gasteiger partial charge in [-0.3, -0.25) is 0 Å². The Labute approximate surface area is 131 Å². The molecule has 126 valence electrons. The molecular weight excluding hydrogens is 321 g/mol. The lowest BCUT2D eigenvalue weighted by atomic mass is 10.3. The van der Waals surface area contributed by atoms with E-state index < -0.39 is 17.1 Å². The predicted octanol–water partition coefficient (Wildman–Crippen LogP) is 2.21. The van der Waals surface area contributed by atoms with E-state index >= 15 is 0 Å². The number of nitrogens with two attached hydrogens (primary N) is 1. The highest BCUT2D eigenvalue weighted by Crippen LogP contribution is 2.39. The number of esters is 1. The Morgan fingerprint density at radius 1 is 1.55 bits per heavy atom.